The first-order valence-electron chi connectivity index (χ1n) is 9.76. The van der Waals surface area contributed by atoms with Crippen molar-refractivity contribution in [3.8, 4) is 0 Å². The van der Waals surface area contributed by atoms with Crippen LogP contribution in [-0.2, 0) is 0 Å². The van der Waals surface area contributed by atoms with Gasteiger partial charge >= 0.3 is 0 Å². The zero-order valence-electron chi connectivity index (χ0n) is 15.3. The molecule has 2 aliphatic rings. The SMILES string of the molecule is CC1(C)CC2(CCCCC2)CN1c1cccc2c1oc1ccccc12. The summed E-state index contributed by atoms with van der Waals surface area (Å²) in [5, 5.41) is 2.47. The van der Waals surface area contributed by atoms with Crippen molar-refractivity contribution in [1.82, 2.24) is 0 Å². The summed E-state index contributed by atoms with van der Waals surface area (Å²) in [7, 11) is 0. The van der Waals surface area contributed by atoms with Gasteiger partial charge in [-0.05, 0) is 50.7 Å². The number of benzene rings is 2. The smallest absolute Gasteiger partial charge is 0.158 e. The average molecular weight is 333 g/mol. The van der Waals surface area contributed by atoms with E-state index in [4.69, 9.17) is 4.42 Å². The lowest BCUT2D eigenvalue weighted by molar-refractivity contribution is 0.204. The van der Waals surface area contributed by atoms with Crippen molar-refractivity contribution >= 4 is 27.6 Å². The van der Waals surface area contributed by atoms with E-state index < -0.39 is 0 Å². The maximum atomic E-state index is 6.32. The minimum absolute atomic E-state index is 0.185. The van der Waals surface area contributed by atoms with Gasteiger partial charge in [0, 0.05) is 22.9 Å². The highest BCUT2D eigenvalue weighted by molar-refractivity contribution is 6.09. The molecule has 130 valence electrons. The number of hydrogen-bond acceptors (Lipinski definition) is 2. The minimum Gasteiger partial charge on any atom is -0.454 e. The second-order valence-corrected chi connectivity index (χ2v) is 8.89. The topological polar surface area (TPSA) is 16.4 Å². The van der Waals surface area contributed by atoms with E-state index in [1.54, 1.807) is 0 Å². The van der Waals surface area contributed by atoms with Gasteiger partial charge in [-0.15, -0.1) is 0 Å². The zero-order chi connectivity index (χ0) is 17.1. The zero-order valence-corrected chi connectivity index (χ0v) is 15.3. The summed E-state index contributed by atoms with van der Waals surface area (Å²) in [6.07, 6.45) is 8.31. The molecular formula is C23H27NO. The van der Waals surface area contributed by atoms with Crippen LogP contribution < -0.4 is 4.90 Å². The highest BCUT2D eigenvalue weighted by Gasteiger charge is 2.49. The quantitative estimate of drug-likeness (QED) is 0.503. The molecule has 1 saturated heterocycles. The van der Waals surface area contributed by atoms with Gasteiger partial charge < -0.3 is 9.32 Å². The molecule has 1 aromatic heterocycles. The number of fused-ring (bicyclic) bond motifs is 3. The number of hydrogen-bond donors (Lipinski definition) is 0. The summed E-state index contributed by atoms with van der Waals surface area (Å²) in [4.78, 5) is 2.64. The molecule has 0 bridgehead atoms. The molecule has 2 aromatic carbocycles. The molecule has 25 heavy (non-hydrogen) atoms. The van der Waals surface area contributed by atoms with Gasteiger partial charge in [0.25, 0.3) is 0 Å². The summed E-state index contributed by atoms with van der Waals surface area (Å²) in [5.41, 5.74) is 4.03. The van der Waals surface area contributed by atoms with Crippen LogP contribution in [0.25, 0.3) is 21.9 Å². The van der Waals surface area contributed by atoms with Crippen LogP contribution in [0.15, 0.2) is 46.9 Å². The number of anilines is 1. The molecule has 1 aliphatic carbocycles. The largest absolute Gasteiger partial charge is 0.454 e. The highest BCUT2D eigenvalue weighted by atomic mass is 16.3. The molecule has 0 atom stereocenters. The number of para-hydroxylation sites is 2. The van der Waals surface area contributed by atoms with E-state index in [0.29, 0.717) is 5.41 Å². The van der Waals surface area contributed by atoms with Crippen LogP contribution in [0.1, 0.15) is 52.4 Å². The molecule has 3 aromatic rings. The molecule has 1 aliphatic heterocycles. The fourth-order valence-electron chi connectivity index (χ4n) is 5.61. The molecule has 0 unspecified atom stereocenters. The van der Waals surface area contributed by atoms with Crippen molar-refractivity contribution in [2.24, 2.45) is 5.41 Å². The third-order valence-electron chi connectivity index (χ3n) is 6.62. The third-order valence-corrected chi connectivity index (χ3v) is 6.62. The van der Waals surface area contributed by atoms with Crippen LogP contribution in [0, 0.1) is 5.41 Å². The monoisotopic (exact) mass is 333 g/mol. The van der Waals surface area contributed by atoms with Crippen LogP contribution in [0.5, 0.6) is 0 Å². The summed E-state index contributed by atoms with van der Waals surface area (Å²) >= 11 is 0. The molecule has 5 rings (SSSR count). The van der Waals surface area contributed by atoms with Gasteiger partial charge in [0.1, 0.15) is 5.58 Å². The lowest BCUT2D eigenvalue weighted by atomic mass is 9.71. The first kappa shape index (κ1) is 15.3. The lowest BCUT2D eigenvalue weighted by Gasteiger charge is -2.33. The molecule has 2 nitrogen and oxygen atoms in total. The third kappa shape index (κ3) is 2.30. The Balaban J connectivity index is 1.65. The van der Waals surface area contributed by atoms with E-state index in [1.807, 2.05) is 0 Å². The Morgan fingerprint density at radius 1 is 0.880 bits per heavy atom. The van der Waals surface area contributed by atoms with Gasteiger partial charge in [-0.2, -0.15) is 0 Å². The van der Waals surface area contributed by atoms with Gasteiger partial charge in [-0.1, -0.05) is 49.6 Å². The van der Waals surface area contributed by atoms with Gasteiger partial charge in [0.2, 0.25) is 0 Å². The van der Waals surface area contributed by atoms with Gasteiger partial charge in [0.15, 0.2) is 5.58 Å². The summed E-state index contributed by atoms with van der Waals surface area (Å²) in [5.74, 6) is 0. The Kier molecular flexibility index (Phi) is 3.22. The van der Waals surface area contributed by atoms with Crippen molar-refractivity contribution < 1.29 is 4.42 Å². The van der Waals surface area contributed by atoms with Crippen molar-refractivity contribution in [3.05, 3.63) is 42.5 Å². The number of nitrogens with zero attached hydrogens (tertiary/aromatic N) is 1. The van der Waals surface area contributed by atoms with E-state index in [-0.39, 0.29) is 5.54 Å². The number of rotatable bonds is 1. The maximum Gasteiger partial charge on any atom is 0.158 e. The van der Waals surface area contributed by atoms with Crippen molar-refractivity contribution in [2.45, 2.75) is 57.9 Å². The second kappa shape index (κ2) is 5.27. The molecule has 0 N–H and O–H groups in total. The van der Waals surface area contributed by atoms with Crippen molar-refractivity contribution in [1.29, 1.82) is 0 Å². The highest BCUT2D eigenvalue weighted by Crippen LogP contribution is 2.52. The predicted octanol–water partition coefficient (Wildman–Crippen LogP) is 6.53. The Labute approximate surface area is 149 Å². The summed E-state index contributed by atoms with van der Waals surface area (Å²) in [6, 6.07) is 15.1. The Morgan fingerprint density at radius 3 is 2.48 bits per heavy atom. The Morgan fingerprint density at radius 2 is 1.64 bits per heavy atom. The Bertz CT molecular complexity index is 930. The molecule has 2 heteroatoms. The fraction of sp³-hybridized carbons (Fsp3) is 0.478. The summed E-state index contributed by atoms with van der Waals surface area (Å²) in [6.45, 7) is 6.01. The maximum absolute atomic E-state index is 6.32. The van der Waals surface area contributed by atoms with E-state index in [0.717, 1.165) is 11.2 Å². The van der Waals surface area contributed by atoms with Crippen LogP contribution >= 0.6 is 0 Å². The number of furan rings is 1. The molecule has 1 spiro atoms. The van der Waals surface area contributed by atoms with E-state index >= 15 is 0 Å². The first-order chi connectivity index (χ1) is 12.1. The lowest BCUT2D eigenvalue weighted by Crippen LogP contribution is -2.38. The van der Waals surface area contributed by atoms with Gasteiger partial charge in [0.05, 0.1) is 5.69 Å². The van der Waals surface area contributed by atoms with E-state index in [9.17, 15) is 0 Å². The molecule has 2 heterocycles. The second-order valence-electron chi connectivity index (χ2n) is 8.89. The van der Waals surface area contributed by atoms with Crippen LogP contribution in [0.3, 0.4) is 0 Å². The molecular weight excluding hydrogens is 306 g/mol. The average Bonchev–Trinajstić information content (AvgIpc) is 3.10. The van der Waals surface area contributed by atoms with Crippen molar-refractivity contribution in [2.75, 3.05) is 11.4 Å². The summed E-state index contributed by atoms with van der Waals surface area (Å²) < 4.78 is 6.32. The molecule has 0 radical (unpaired) electrons. The Hall–Kier alpha value is -1.96. The van der Waals surface area contributed by atoms with E-state index in [1.165, 1.54) is 61.5 Å². The fourth-order valence-corrected chi connectivity index (χ4v) is 5.61. The van der Waals surface area contributed by atoms with Crippen molar-refractivity contribution in [3.63, 3.8) is 0 Å². The van der Waals surface area contributed by atoms with Crippen LogP contribution in [0.2, 0.25) is 0 Å². The molecule has 2 fully saturated rings. The normalized spacial score (nSPS) is 22.2. The first-order valence-corrected chi connectivity index (χ1v) is 9.76. The van der Waals surface area contributed by atoms with Crippen LogP contribution in [0.4, 0.5) is 5.69 Å². The predicted molar refractivity (Wildman–Crippen MR) is 105 cm³/mol. The van der Waals surface area contributed by atoms with Gasteiger partial charge in [-0.25, -0.2) is 0 Å². The minimum atomic E-state index is 0.185. The van der Waals surface area contributed by atoms with Gasteiger partial charge in [-0.3, -0.25) is 0 Å². The molecule has 0 amide bonds. The van der Waals surface area contributed by atoms with E-state index in [2.05, 4.69) is 61.2 Å². The standard InChI is InChI=1S/C23H27NO/c1-22(2)15-23(13-6-3-7-14-23)16-24(22)19-11-8-10-18-17-9-4-5-12-20(17)25-21(18)19/h4-5,8-12H,3,6-7,13-16H2,1-2H3. The molecule has 1 saturated carbocycles. The van der Waals surface area contributed by atoms with Crippen LogP contribution in [-0.4, -0.2) is 12.1 Å².